The molecule has 2 aromatic carbocycles. The highest BCUT2D eigenvalue weighted by Gasteiger charge is 2.12. The third-order valence-electron chi connectivity index (χ3n) is 4.32. The molecule has 3 amide bonds. The second kappa shape index (κ2) is 10.2. The third kappa shape index (κ3) is 6.02. The minimum Gasteiger partial charge on any atom is -0.372 e. The minimum atomic E-state index is -0.290. The van der Waals surface area contributed by atoms with E-state index in [9.17, 15) is 9.59 Å². The van der Waals surface area contributed by atoms with Crippen molar-refractivity contribution < 1.29 is 9.59 Å². The largest absolute Gasteiger partial charge is 0.372 e. The molecule has 2 rings (SSSR count). The Morgan fingerprint density at radius 3 is 2.04 bits per heavy atom. The second-order valence-corrected chi connectivity index (χ2v) is 6.11. The third-order valence-corrected chi connectivity index (χ3v) is 4.32. The van der Waals surface area contributed by atoms with Crippen molar-refractivity contribution in [1.29, 1.82) is 0 Å². The van der Waals surface area contributed by atoms with Gasteiger partial charge in [0.25, 0.3) is 0 Å². The first-order valence-corrected chi connectivity index (χ1v) is 9.28. The van der Waals surface area contributed by atoms with Gasteiger partial charge in [-0.1, -0.05) is 18.2 Å². The van der Waals surface area contributed by atoms with Gasteiger partial charge < -0.3 is 20.4 Å². The molecule has 0 saturated carbocycles. The van der Waals surface area contributed by atoms with Crippen LogP contribution in [0.3, 0.4) is 0 Å². The van der Waals surface area contributed by atoms with E-state index in [1.807, 2.05) is 54.6 Å². The average molecular weight is 368 g/mol. The van der Waals surface area contributed by atoms with Crippen molar-refractivity contribution in [2.24, 2.45) is 0 Å². The number of carbonyl (C=O) groups is 2. The average Bonchev–Trinajstić information content (AvgIpc) is 2.67. The van der Waals surface area contributed by atoms with E-state index in [4.69, 9.17) is 0 Å². The molecule has 0 saturated heterocycles. The molecule has 0 aliphatic rings. The summed E-state index contributed by atoms with van der Waals surface area (Å²) in [6.45, 7) is 8.40. The smallest absolute Gasteiger partial charge is 0.319 e. The van der Waals surface area contributed by atoms with Crippen LogP contribution in [0.2, 0.25) is 0 Å². The molecule has 0 aliphatic heterocycles. The fourth-order valence-corrected chi connectivity index (χ4v) is 2.88. The number of urea groups is 1. The zero-order valence-electron chi connectivity index (χ0n) is 16.2. The molecular formula is C21H28N4O2. The normalized spacial score (nSPS) is 10.2. The van der Waals surface area contributed by atoms with Crippen LogP contribution in [0.1, 0.15) is 20.8 Å². The fraction of sp³-hybridized carbons (Fsp3) is 0.333. The van der Waals surface area contributed by atoms with Crippen molar-refractivity contribution in [1.82, 2.24) is 5.32 Å². The summed E-state index contributed by atoms with van der Waals surface area (Å²) in [6, 6.07) is 16.9. The number of carbonyl (C=O) groups excluding carboxylic acids is 2. The molecule has 0 fully saturated rings. The van der Waals surface area contributed by atoms with Gasteiger partial charge in [0.15, 0.2) is 0 Å². The molecule has 6 nitrogen and oxygen atoms in total. The summed E-state index contributed by atoms with van der Waals surface area (Å²) in [5.41, 5.74) is 2.68. The Kier molecular flexibility index (Phi) is 7.67. The van der Waals surface area contributed by atoms with Crippen LogP contribution in [0.4, 0.5) is 21.9 Å². The number of nitrogens with one attached hydrogen (secondary N) is 2. The highest BCUT2D eigenvalue weighted by atomic mass is 16.2. The number of anilines is 3. The molecule has 0 atom stereocenters. The Hall–Kier alpha value is -3.02. The molecule has 0 spiro atoms. The van der Waals surface area contributed by atoms with Crippen LogP contribution >= 0.6 is 0 Å². The highest BCUT2D eigenvalue weighted by molar-refractivity contribution is 5.92. The molecular weight excluding hydrogens is 340 g/mol. The molecule has 2 aromatic rings. The lowest BCUT2D eigenvalue weighted by Gasteiger charge is -2.24. The summed E-state index contributed by atoms with van der Waals surface area (Å²) in [5.74, 6) is -0.0594. The molecule has 0 unspecified atom stereocenters. The van der Waals surface area contributed by atoms with E-state index < -0.39 is 0 Å². The molecule has 0 aromatic heterocycles. The molecule has 27 heavy (non-hydrogen) atoms. The molecule has 0 bridgehead atoms. The van der Waals surface area contributed by atoms with Crippen LogP contribution in [0.5, 0.6) is 0 Å². The summed E-state index contributed by atoms with van der Waals surface area (Å²) in [4.78, 5) is 27.9. The quantitative estimate of drug-likeness (QED) is 0.747. The number of hydrogen-bond acceptors (Lipinski definition) is 3. The summed E-state index contributed by atoms with van der Waals surface area (Å²) < 4.78 is 0. The number of nitrogens with zero attached hydrogens (tertiary/aromatic N) is 2. The summed E-state index contributed by atoms with van der Waals surface area (Å²) in [6.07, 6.45) is 0. The Balaban J connectivity index is 1.91. The van der Waals surface area contributed by atoms with E-state index in [0.717, 1.165) is 30.2 Å². The molecule has 2 N–H and O–H groups in total. The van der Waals surface area contributed by atoms with E-state index in [2.05, 4.69) is 29.4 Å². The number of benzene rings is 2. The van der Waals surface area contributed by atoms with Crippen molar-refractivity contribution in [3.8, 4) is 0 Å². The zero-order chi connectivity index (χ0) is 19.6. The lowest BCUT2D eigenvalue weighted by atomic mass is 10.2. The van der Waals surface area contributed by atoms with E-state index in [1.165, 1.54) is 6.92 Å². The van der Waals surface area contributed by atoms with Crippen molar-refractivity contribution in [2.45, 2.75) is 20.8 Å². The van der Waals surface area contributed by atoms with Crippen molar-refractivity contribution in [3.63, 3.8) is 0 Å². The van der Waals surface area contributed by atoms with E-state index >= 15 is 0 Å². The molecule has 0 heterocycles. The Morgan fingerprint density at radius 2 is 1.48 bits per heavy atom. The lowest BCUT2D eigenvalue weighted by molar-refractivity contribution is -0.116. The van der Waals surface area contributed by atoms with Gasteiger partial charge in [-0.3, -0.25) is 4.79 Å². The minimum absolute atomic E-state index is 0.0594. The van der Waals surface area contributed by atoms with Gasteiger partial charge in [0.05, 0.1) is 0 Å². The SMILES string of the molecule is CCN(CC)c1ccc(N(CCNC(=O)Nc2ccccc2)C(C)=O)cc1. The lowest BCUT2D eigenvalue weighted by Crippen LogP contribution is -2.39. The maximum atomic E-state index is 12.0. The molecule has 6 heteroatoms. The maximum absolute atomic E-state index is 12.0. The first-order chi connectivity index (χ1) is 13.0. The Labute approximate surface area is 161 Å². The first-order valence-electron chi connectivity index (χ1n) is 9.28. The van der Waals surface area contributed by atoms with Gasteiger partial charge in [-0.25, -0.2) is 4.79 Å². The first kappa shape index (κ1) is 20.3. The number of amides is 3. The number of hydrogen-bond donors (Lipinski definition) is 2. The molecule has 0 radical (unpaired) electrons. The van der Waals surface area contributed by atoms with Gasteiger partial charge in [0.1, 0.15) is 0 Å². The van der Waals surface area contributed by atoms with Gasteiger partial charge in [-0.2, -0.15) is 0 Å². The van der Waals surface area contributed by atoms with Crippen molar-refractivity contribution in [3.05, 3.63) is 54.6 Å². The van der Waals surface area contributed by atoms with Gasteiger partial charge in [0.2, 0.25) is 5.91 Å². The van der Waals surface area contributed by atoms with Crippen LogP contribution in [0.15, 0.2) is 54.6 Å². The molecule has 0 aliphatic carbocycles. The van der Waals surface area contributed by atoms with Crippen LogP contribution in [0.25, 0.3) is 0 Å². The monoisotopic (exact) mass is 368 g/mol. The fourth-order valence-electron chi connectivity index (χ4n) is 2.88. The summed E-state index contributed by atoms with van der Waals surface area (Å²) in [5, 5.41) is 5.54. The Bertz CT molecular complexity index is 728. The number of para-hydroxylation sites is 1. The Morgan fingerprint density at radius 1 is 0.889 bits per heavy atom. The van der Waals surface area contributed by atoms with Gasteiger partial charge >= 0.3 is 6.03 Å². The van der Waals surface area contributed by atoms with Gasteiger partial charge in [0, 0.05) is 50.2 Å². The van der Waals surface area contributed by atoms with Crippen LogP contribution in [0, 0.1) is 0 Å². The second-order valence-electron chi connectivity index (χ2n) is 6.11. The predicted molar refractivity (Wildman–Crippen MR) is 111 cm³/mol. The summed E-state index contributed by atoms with van der Waals surface area (Å²) >= 11 is 0. The molecule has 144 valence electrons. The zero-order valence-corrected chi connectivity index (χ0v) is 16.2. The standard InChI is InChI=1S/C21H28N4O2/c1-4-24(5-2)19-11-13-20(14-12-19)25(17(3)26)16-15-22-21(27)23-18-9-7-6-8-10-18/h6-14H,4-5,15-16H2,1-3H3,(H2,22,23,27). The van der Waals surface area contributed by atoms with E-state index in [0.29, 0.717) is 13.1 Å². The van der Waals surface area contributed by atoms with Crippen LogP contribution < -0.4 is 20.4 Å². The van der Waals surface area contributed by atoms with E-state index in [-0.39, 0.29) is 11.9 Å². The highest BCUT2D eigenvalue weighted by Crippen LogP contribution is 2.20. The van der Waals surface area contributed by atoms with Crippen LogP contribution in [-0.4, -0.2) is 38.1 Å². The van der Waals surface area contributed by atoms with Crippen molar-refractivity contribution >= 4 is 29.0 Å². The maximum Gasteiger partial charge on any atom is 0.319 e. The van der Waals surface area contributed by atoms with Gasteiger partial charge in [-0.15, -0.1) is 0 Å². The topological polar surface area (TPSA) is 64.7 Å². The van der Waals surface area contributed by atoms with E-state index in [1.54, 1.807) is 4.90 Å². The van der Waals surface area contributed by atoms with Gasteiger partial charge in [-0.05, 0) is 50.2 Å². The predicted octanol–water partition coefficient (Wildman–Crippen LogP) is 3.71. The summed E-state index contributed by atoms with van der Waals surface area (Å²) in [7, 11) is 0. The van der Waals surface area contributed by atoms with Crippen molar-refractivity contribution in [2.75, 3.05) is 41.3 Å². The number of rotatable bonds is 8. The van der Waals surface area contributed by atoms with Crippen LogP contribution in [-0.2, 0) is 4.79 Å².